The number of alkyl halides is 1. The van der Waals surface area contributed by atoms with Gasteiger partial charge < -0.3 is 5.11 Å². The Bertz CT molecular complexity index is 158. The smallest absolute Gasteiger partial charge is 0.328 e. The van der Waals surface area contributed by atoms with Crippen LogP contribution in [-0.2, 0) is 4.79 Å². The lowest BCUT2D eigenvalue weighted by molar-refractivity contribution is -0.131. The fourth-order valence-corrected chi connectivity index (χ4v) is 0.507. The van der Waals surface area contributed by atoms with Crippen LogP contribution < -0.4 is 0 Å². The van der Waals surface area contributed by atoms with E-state index in [9.17, 15) is 9.18 Å². The maximum Gasteiger partial charge on any atom is 0.328 e. The number of aliphatic carboxylic acids is 1. The van der Waals surface area contributed by atoms with Crippen LogP contribution in [-0.4, -0.2) is 16.7 Å². The number of halogens is 1. The van der Waals surface area contributed by atoms with Crippen molar-refractivity contribution >= 4 is 5.97 Å². The summed E-state index contributed by atoms with van der Waals surface area (Å²) in [5.74, 6) is -1.08. The molecule has 0 atom stereocenters. The van der Waals surface area contributed by atoms with Gasteiger partial charge in [-0.25, -0.2) is 9.18 Å². The van der Waals surface area contributed by atoms with Gasteiger partial charge in [-0.15, -0.1) is 0 Å². The SMILES string of the molecule is O=C(O)/C=C/C1(F)CC1. The molecule has 1 N–H and O–H groups in total. The van der Waals surface area contributed by atoms with Gasteiger partial charge >= 0.3 is 5.97 Å². The molecule has 0 aromatic heterocycles. The summed E-state index contributed by atoms with van der Waals surface area (Å²) in [6, 6.07) is 0. The predicted molar refractivity (Wildman–Crippen MR) is 29.8 cm³/mol. The molecule has 0 spiro atoms. The molecule has 2 nitrogen and oxygen atoms in total. The molecule has 0 aromatic carbocycles. The van der Waals surface area contributed by atoms with Gasteiger partial charge in [0.15, 0.2) is 0 Å². The lowest BCUT2D eigenvalue weighted by Gasteiger charge is -1.89. The number of hydrogen-bond acceptors (Lipinski definition) is 1. The Morgan fingerprint density at radius 2 is 2.22 bits per heavy atom. The molecule has 0 amide bonds. The number of carbonyl (C=O) groups is 1. The first-order valence-corrected chi connectivity index (χ1v) is 2.73. The van der Waals surface area contributed by atoms with Gasteiger partial charge in [-0.1, -0.05) is 0 Å². The van der Waals surface area contributed by atoms with Gasteiger partial charge in [0, 0.05) is 6.08 Å². The second-order valence-electron chi connectivity index (χ2n) is 2.21. The highest BCUT2D eigenvalue weighted by Crippen LogP contribution is 2.40. The fraction of sp³-hybridized carbons (Fsp3) is 0.500. The van der Waals surface area contributed by atoms with Crippen molar-refractivity contribution < 1.29 is 14.3 Å². The second kappa shape index (κ2) is 1.83. The van der Waals surface area contributed by atoms with Gasteiger partial charge in [0.1, 0.15) is 5.67 Å². The number of carboxylic acids is 1. The highest BCUT2D eigenvalue weighted by atomic mass is 19.1. The van der Waals surface area contributed by atoms with Crippen molar-refractivity contribution in [3.8, 4) is 0 Å². The quantitative estimate of drug-likeness (QED) is 0.569. The molecule has 50 valence electrons. The van der Waals surface area contributed by atoms with Crippen LogP contribution in [0.15, 0.2) is 12.2 Å². The highest BCUT2D eigenvalue weighted by molar-refractivity contribution is 5.80. The van der Waals surface area contributed by atoms with Crippen molar-refractivity contribution in [2.45, 2.75) is 18.5 Å². The first kappa shape index (κ1) is 6.26. The first-order chi connectivity index (χ1) is 4.12. The Morgan fingerprint density at radius 3 is 2.56 bits per heavy atom. The van der Waals surface area contributed by atoms with Crippen LogP contribution in [0, 0.1) is 0 Å². The third kappa shape index (κ3) is 1.83. The average molecular weight is 130 g/mol. The zero-order valence-electron chi connectivity index (χ0n) is 4.80. The molecule has 0 heterocycles. The van der Waals surface area contributed by atoms with Crippen molar-refractivity contribution in [2.24, 2.45) is 0 Å². The summed E-state index contributed by atoms with van der Waals surface area (Å²) in [4.78, 5) is 9.82. The largest absolute Gasteiger partial charge is 0.478 e. The van der Waals surface area contributed by atoms with Crippen molar-refractivity contribution in [1.82, 2.24) is 0 Å². The first-order valence-electron chi connectivity index (χ1n) is 2.73. The Labute approximate surface area is 52.0 Å². The van der Waals surface area contributed by atoms with Crippen LogP contribution in [0.2, 0.25) is 0 Å². The molecule has 0 radical (unpaired) electrons. The van der Waals surface area contributed by atoms with Gasteiger partial charge in [0.2, 0.25) is 0 Å². The van der Waals surface area contributed by atoms with Gasteiger partial charge in [-0.2, -0.15) is 0 Å². The Kier molecular flexibility index (Phi) is 1.27. The summed E-state index contributed by atoms with van der Waals surface area (Å²) in [6.07, 6.45) is 2.90. The summed E-state index contributed by atoms with van der Waals surface area (Å²) in [7, 11) is 0. The normalized spacial score (nSPS) is 22.3. The van der Waals surface area contributed by atoms with E-state index in [1.165, 1.54) is 0 Å². The molecule has 1 aliphatic carbocycles. The summed E-state index contributed by atoms with van der Waals surface area (Å²) in [6.45, 7) is 0. The Hall–Kier alpha value is -0.860. The van der Waals surface area contributed by atoms with E-state index in [1.54, 1.807) is 0 Å². The Balaban J connectivity index is 2.40. The van der Waals surface area contributed by atoms with Crippen molar-refractivity contribution in [3.05, 3.63) is 12.2 Å². The van der Waals surface area contributed by atoms with Crippen LogP contribution in [0.4, 0.5) is 4.39 Å². The molecular weight excluding hydrogens is 123 g/mol. The monoisotopic (exact) mass is 130 g/mol. The van der Waals surface area contributed by atoms with Crippen molar-refractivity contribution in [1.29, 1.82) is 0 Å². The van der Waals surface area contributed by atoms with Crippen LogP contribution in [0.3, 0.4) is 0 Å². The third-order valence-electron chi connectivity index (χ3n) is 1.25. The third-order valence-corrected chi connectivity index (χ3v) is 1.25. The van der Waals surface area contributed by atoms with E-state index in [1.807, 2.05) is 0 Å². The van der Waals surface area contributed by atoms with E-state index in [0.29, 0.717) is 12.8 Å². The fourth-order valence-electron chi connectivity index (χ4n) is 0.507. The van der Waals surface area contributed by atoms with Crippen molar-refractivity contribution in [3.63, 3.8) is 0 Å². The second-order valence-corrected chi connectivity index (χ2v) is 2.21. The molecule has 0 aromatic rings. The molecule has 1 aliphatic rings. The van der Waals surface area contributed by atoms with Crippen LogP contribution >= 0.6 is 0 Å². The standard InChI is InChI=1S/C6H7FO2/c7-6(3-4-6)2-1-5(8)9/h1-2H,3-4H2,(H,8,9)/b2-1+. The molecule has 0 unspecified atom stereocenters. The zero-order chi connectivity index (χ0) is 6.91. The number of allylic oxidation sites excluding steroid dienone is 1. The van der Waals surface area contributed by atoms with Crippen molar-refractivity contribution in [2.75, 3.05) is 0 Å². The van der Waals surface area contributed by atoms with E-state index >= 15 is 0 Å². The number of carboxylic acid groups (broad SMARTS) is 1. The topological polar surface area (TPSA) is 37.3 Å². The van der Waals surface area contributed by atoms with Gasteiger partial charge in [0.05, 0.1) is 0 Å². The van der Waals surface area contributed by atoms with Gasteiger partial charge in [-0.3, -0.25) is 0 Å². The van der Waals surface area contributed by atoms with Crippen LogP contribution in [0.25, 0.3) is 0 Å². The van der Waals surface area contributed by atoms with E-state index in [2.05, 4.69) is 0 Å². The molecule has 3 heteroatoms. The van der Waals surface area contributed by atoms with E-state index < -0.39 is 11.6 Å². The number of hydrogen-bond donors (Lipinski definition) is 1. The minimum absolute atomic E-state index is 0.469. The molecule has 1 saturated carbocycles. The lowest BCUT2D eigenvalue weighted by Crippen LogP contribution is -1.94. The van der Waals surface area contributed by atoms with E-state index in [0.717, 1.165) is 12.2 Å². The minimum atomic E-state index is -1.28. The number of rotatable bonds is 2. The maximum absolute atomic E-state index is 12.5. The maximum atomic E-state index is 12.5. The van der Waals surface area contributed by atoms with Gasteiger partial charge in [0.25, 0.3) is 0 Å². The summed E-state index contributed by atoms with van der Waals surface area (Å²) in [5.41, 5.74) is -1.28. The molecule has 9 heavy (non-hydrogen) atoms. The summed E-state index contributed by atoms with van der Waals surface area (Å²) >= 11 is 0. The summed E-state index contributed by atoms with van der Waals surface area (Å²) < 4.78 is 12.5. The van der Waals surface area contributed by atoms with E-state index in [-0.39, 0.29) is 0 Å². The average Bonchev–Trinajstić information content (AvgIpc) is 2.45. The van der Waals surface area contributed by atoms with Gasteiger partial charge in [-0.05, 0) is 18.9 Å². The molecule has 0 bridgehead atoms. The molecule has 0 aliphatic heterocycles. The molecule has 1 fully saturated rings. The molecule has 0 saturated heterocycles. The van der Waals surface area contributed by atoms with Crippen LogP contribution in [0.5, 0.6) is 0 Å². The molecule has 1 rings (SSSR count). The minimum Gasteiger partial charge on any atom is -0.478 e. The highest BCUT2D eigenvalue weighted by Gasteiger charge is 2.40. The van der Waals surface area contributed by atoms with Crippen LogP contribution in [0.1, 0.15) is 12.8 Å². The molecular formula is C6H7FO2. The predicted octanol–water partition coefficient (Wildman–Crippen LogP) is 1.13. The lowest BCUT2D eigenvalue weighted by atomic mass is 10.3. The van der Waals surface area contributed by atoms with E-state index in [4.69, 9.17) is 5.11 Å². The zero-order valence-corrected chi connectivity index (χ0v) is 4.80. The Morgan fingerprint density at radius 1 is 1.67 bits per heavy atom. The summed E-state index contributed by atoms with van der Waals surface area (Å²) in [5, 5.41) is 8.05.